The smallest absolute Gasteiger partial charge is 0.345 e. The first-order chi connectivity index (χ1) is 18.6. The Morgan fingerprint density at radius 1 is 0.868 bits per heavy atom. The first kappa shape index (κ1) is 24.3. The molecule has 0 aliphatic rings. The molecule has 190 valence electrons. The Morgan fingerprint density at radius 2 is 1.63 bits per heavy atom. The number of rotatable bonds is 8. The molecule has 10 nitrogen and oxygen atoms in total. The van der Waals surface area contributed by atoms with Gasteiger partial charge in [-0.2, -0.15) is 0 Å². The monoisotopic (exact) mass is 509 g/mol. The molecule has 0 aliphatic carbocycles. The highest BCUT2D eigenvalue weighted by atomic mass is 16.5. The van der Waals surface area contributed by atoms with Gasteiger partial charge in [0.2, 0.25) is 6.41 Å². The van der Waals surface area contributed by atoms with Crippen molar-refractivity contribution >= 4 is 45.6 Å². The number of amides is 3. The van der Waals surface area contributed by atoms with Crippen molar-refractivity contribution in [3.8, 4) is 23.0 Å². The number of hydrazine groups is 1. The zero-order valence-electron chi connectivity index (χ0n) is 20.5. The number of benzene rings is 3. The van der Waals surface area contributed by atoms with E-state index in [1.54, 1.807) is 81.2 Å². The molecule has 38 heavy (non-hydrogen) atoms. The van der Waals surface area contributed by atoms with Crippen molar-refractivity contribution in [1.29, 1.82) is 0 Å². The molecule has 5 aromatic rings. The number of nitrogens with zero attached hydrogens (tertiary/aromatic N) is 3. The molecule has 0 bridgehead atoms. The van der Waals surface area contributed by atoms with Crippen molar-refractivity contribution in [2.24, 2.45) is 0 Å². The van der Waals surface area contributed by atoms with Gasteiger partial charge in [-0.25, -0.2) is 9.80 Å². The number of ether oxygens (including phenoxy) is 3. The fraction of sp³-hybridized carbons (Fsp3) is 0.0714. The zero-order valence-corrected chi connectivity index (χ0v) is 20.5. The summed E-state index contributed by atoms with van der Waals surface area (Å²) in [5.41, 5.74) is 4.64. The van der Waals surface area contributed by atoms with Gasteiger partial charge in [0.1, 0.15) is 11.5 Å². The second-order valence-electron chi connectivity index (χ2n) is 8.02. The Balaban J connectivity index is 1.36. The highest BCUT2D eigenvalue weighted by Gasteiger charge is 2.19. The fourth-order valence-electron chi connectivity index (χ4n) is 4.01. The molecule has 2 N–H and O–H groups in total. The minimum Gasteiger partial charge on any atom is -0.493 e. The van der Waals surface area contributed by atoms with Gasteiger partial charge in [0.05, 0.1) is 30.9 Å². The van der Waals surface area contributed by atoms with E-state index >= 15 is 0 Å². The Kier molecular flexibility index (Phi) is 6.85. The molecule has 2 aromatic heterocycles. The van der Waals surface area contributed by atoms with Crippen molar-refractivity contribution in [3.05, 3.63) is 85.2 Å². The molecule has 10 heteroatoms. The molecule has 3 amide bonds. The molecule has 0 atom stereocenters. The van der Waals surface area contributed by atoms with Gasteiger partial charge in [-0.1, -0.05) is 18.2 Å². The average molecular weight is 510 g/mol. The van der Waals surface area contributed by atoms with Crippen LogP contribution in [-0.4, -0.2) is 36.6 Å². The van der Waals surface area contributed by atoms with Crippen molar-refractivity contribution in [1.82, 2.24) is 15.4 Å². The topological polar surface area (TPSA) is 115 Å². The zero-order chi connectivity index (χ0) is 26.5. The predicted octanol–water partition coefficient (Wildman–Crippen LogP) is 5.29. The Morgan fingerprint density at radius 3 is 2.39 bits per heavy atom. The van der Waals surface area contributed by atoms with Crippen LogP contribution in [0.5, 0.6) is 23.0 Å². The van der Waals surface area contributed by atoms with E-state index in [1.807, 2.05) is 18.2 Å². The van der Waals surface area contributed by atoms with Crippen LogP contribution in [0, 0.1) is 0 Å². The average Bonchev–Trinajstić information content (AvgIpc) is 2.96. The summed E-state index contributed by atoms with van der Waals surface area (Å²) >= 11 is 0. The summed E-state index contributed by atoms with van der Waals surface area (Å²) in [6, 6.07) is 20.6. The third-order valence-electron chi connectivity index (χ3n) is 5.78. The van der Waals surface area contributed by atoms with Gasteiger partial charge < -0.3 is 19.5 Å². The van der Waals surface area contributed by atoms with Crippen LogP contribution in [0.1, 0.15) is 0 Å². The van der Waals surface area contributed by atoms with Crippen LogP contribution in [-0.2, 0) is 4.79 Å². The fourth-order valence-corrected chi connectivity index (χ4v) is 4.01. The number of pyridine rings is 2. The highest BCUT2D eigenvalue weighted by Crippen LogP contribution is 2.37. The Hall–Kier alpha value is -5.38. The molecule has 0 radical (unpaired) electrons. The number of carbonyl (C=O) groups is 2. The minimum absolute atomic E-state index is 0.432. The first-order valence-electron chi connectivity index (χ1n) is 11.5. The number of fused-ring (bicyclic) bond motifs is 2. The standard InChI is InChI=1S/C28H23N5O5/c1-36-25-15-21-22(16-26(25)37-2)29-14-12-24(21)38-20-10-8-19(9-11-20)32-28(35)33(31-17-34)23-7-3-5-18-6-4-13-30-27(18)23/h3-17H,1-2H3,(H,31,34)(H,32,35). The second-order valence-corrected chi connectivity index (χ2v) is 8.02. The predicted molar refractivity (Wildman–Crippen MR) is 144 cm³/mol. The van der Waals surface area contributed by atoms with E-state index in [4.69, 9.17) is 14.2 Å². The van der Waals surface area contributed by atoms with E-state index in [-0.39, 0.29) is 0 Å². The Labute approximate surface area is 217 Å². The summed E-state index contributed by atoms with van der Waals surface area (Å²) in [5.74, 6) is 2.26. The maximum atomic E-state index is 13.1. The van der Waals surface area contributed by atoms with E-state index < -0.39 is 6.03 Å². The van der Waals surface area contributed by atoms with E-state index in [1.165, 1.54) is 0 Å². The maximum absolute atomic E-state index is 13.1. The molecule has 0 spiro atoms. The lowest BCUT2D eigenvalue weighted by Gasteiger charge is -2.22. The van der Waals surface area contributed by atoms with Crippen molar-refractivity contribution in [2.45, 2.75) is 0 Å². The van der Waals surface area contributed by atoms with Crippen molar-refractivity contribution < 1.29 is 23.8 Å². The molecule has 2 heterocycles. The summed E-state index contributed by atoms with van der Waals surface area (Å²) in [6.45, 7) is 0. The first-order valence-corrected chi connectivity index (χ1v) is 11.5. The lowest BCUT2D eigenvalue weighted by Crippen LogP contribution is -2.45. The van der Waals surface area contributed by atoms with Crippen LogP contribution in [0.15, 0.2) is 85.2 Å². The Bertz CT molecular complexity index is 1620. The SMILES string of the molecule is COc1cc2nccc(Oc3ccc(NC(=O)N(NC=O)c4cccc5cccnc45)cc3)c2cc1OC. The van der Waals surface area contributed by atoms with Crippen molar-refractivity contribution in [2.75, 3.05) is 24.5 Å². The molecule has 0 saturated heterocycles. The summed E-state index contributed by atoms with van der Waals surface area (Å²) in [5, 5.41) is 5.47. The van der Waals surface area contributed by atoms with Gasteiger partial charge in [-0.05, 0) is 48.5 Å². The number of aromatic nitrogens is 2. The lowest BCUT2D eigenvalue weighted by molar-refractivity contribution is -0.109. The van der Waals surface area contributed by atoms with Gasteiger partial charge in [0, 0.05) is 34.9 Å². The largest absolute Gasteiger partial charge is 0.493 e. The van der Waals surface area contributed by atoms with Gasteiger partial charge in [-0.15, -0.1) is 0 Å². The quantitative estimate of drug-likeness (QED) is 0.216. The third kappa shape index (κ3) is 4.82. The second kappa shape index (κ2) is 10.7. The maximum Gasteiger partial charge on any atom is 0.345 e. The van der Waals surface area contributed by atoms with Crippen LogP contribution in [0.2, 0.25) is 0 Å². The van der Waals surface area contributed by atoms with Crippen LogP contribution in [0.25, 0.3) is 21.8 Å². The van der Waals surface area contributed by atoms with Crippen LogP contribution >= 0.6 is 0 Å². The number of hydrogen-bond donors (Lipinski definition) is 2. The molecular formula is C28H23N5O5. The van der Waals surface area contributed by atoms with Gasteiger partial charge in [-0.3, -0.25) is 20.2 Å². The molecule has 3 aromatic carbocycles. The van der Waals surface area contributed by atoms with Crippen LogP contribution in [0.3, 0.4) is 0 Å². The molecular weight excluding hydrogens is 486 g/mol. The number of anilines is 2. The third-order valence-corrected chi connectivity index (χ3v) is 5.78. The van der Waals surface area contributed by atoms with Crippen molar-refractivity contribution in [3.63, 3.8) is 0 Å². The lowest BCUT2D eigenvalue weighted by atomic mass is 10.2. The number of methoxy groups -OCH3 is 2. The van der Waals surface area contributed by atoms with Crippen LogP contribution < -0.4 is 30.0 Å². The van der Waals surface area contributed by atoms with E-state index in [9.17, 15) is 9.59 Å². The number of urea groups is 1. The molecule has 0 unspecified atom stereocenters. The summed E-state index contributed by atoms with van der Waals surface area (Å²) in [4.78, 5) is 33.1. The van der Waals surface area contributed by atoms with E-state index in [0.29, 0.717) is 51.8 Å². The highest BCUT2D eigenvalue weighted by molar-refractivity contribution is 6.07. The van der Waals surface area contributed by atoms with Gasteiger partial charge in [0.25, 0.3) is 0 Å². The molecule has 0 saturated carbocycles. The van der Waals surface area contributed by atoms with Crippen LogP contribution in [0.4, 0.5) is 16.2 Å². The summed E-state index contributed by atoms with van der Waals surface area (Å²) in [7, 11) is 3.13. The minimum atomic E-state index is -0.565. The number of nitrogens with one attached hydrogen (secondary N) is 2. The van der Waals surface area contributed by atoms with E-state index in [0.717, 1.165) is 15.8 Å². The van der Waals surface area contributed by atoms with Gasteiger partial charge in [0.15, 0.2) is 11.5 Å². The molecule has 0 fully saturated rings. The van der Waals surface area contributed by atoms with E-state index in [2.05, 4.69) is 20.7 Å². The molecule has 5 rings (SSSR count). The normalized spacial score (nSPS) is 10.6. The molecule has 0 aliphatic heterocycles. The summed E-state index contributed by atoms with van der Waals surface area (Å²) < 4.78 is 16.9. The number of para-hydroxylation sites is 1. The number of hydrogen-bond acceptors (Lipinski definition) is 7. The van der Waals surface area contributed by atoms with Gasteiger partial charge >= 0.3 is 6.03 Å². The summed E-state index contributed by atoms with van der Waals surface area (Å²) in [6.07, 6.45) is 3.71. The number of carbonyl (C=O) groups excluding carboxylic acids is 2.